The highest BCUT2D eigenvalue weighted by Crippen LogP contribution is 2.50. The van der Waals surface area contributed by atoms with Gasteiger partial charge in [-0.1, -0.05) is 60.7 Å². The molecule has 28 heavy (non-hydrogen) atoms. The summed E-state index contributed by atoms with van der Waals surface area (Å²) in [4.78, 5) is 5.57. The van der Waals surface area contributed by atoms with Crippen LogP contribution in [0, 0.1) is 0 Å². The molecule has 0 saturated heterocycles. The fraction of sp³-hybridized carbons (Fsp3) is 0.190. The average molecular weight is 412 g/mol. The second kappa shape index (κ2) is 8.02. The highest BCUT2D eigenvalue weighted by atomic mass is 32.1. The Kier molecular flexibility index (Phi) is 5.47. The van der Waals surface area contributed by atoms with Crippen molar-refractivity contribution in [3.63, 3.8) is 0 Å². The number of nitrogens with zero attached hydrogens (tertiary/aromatic N) is 2. The third-order valence-corrected chi connectivity index (χ3v) is 7.27. The predicted octanol–water partition coefficient (Wildman–Crippen LogP) is 5.62. The zero-order valence-corrected chi connectivity index (χ0v) is 17.5. The van der Waals surface area contributed by atoms with Crippen LogP contribution in [-0.2, 0) is 13.6 Å². The second-order valence-corrected chi connectivity index (χ2v) is 8.86. The van der Waals surface area contributed by atoms with Gasteiger partial charge in [-0.05, 0) is 19.4 Å². The molecular weight excluding hydrogens is 391 g/mol. The molecule has 2 aromatic carbocycles. The number of thiazole rings is 1. The molecule has 0 N–H and O–H groups in total. The molecule has 2 heterocycles. The fourth-order valence-electron chi connectivity index (χ4n) is 3.20. The van der Waals surface area contributed by atoms with E-state index < -0.39 is 7.60 Å². The quantitative estimate of drug-likeness (QED) is 0.370. The third-order valence-electron chi connectivity index (χ3n) is 4.31. The Bertz CT molecular complexity index is 1110. The van der Waals surface area contributed by atoms with Crippen LogP contribution in [0.2, 0.25) is 0 Å². The zero-order valence-electron chi connectivity index (χ0n) is 15.7. The lowest BCUT2D eigenvalue weighted by Crippen LogP contribution is -2.18. The Balaban J connectivity index is 2.05. The van der Waals surface area contributed by atoms with Gasteiger partial charge < -0.3 is 9.05 Å². The maximum Gasteiger partial charge on any atom is 0.380 e. The van der Waals surface area contributed by atoms with Crippen molar-refractivity contribution in [1.82, 2.24) is 9.38 Å². The summed E-state index contributed by atoms with van der Waals surface area (Å²) in [6.45, 7) is 4.20. The minimum Gasteiger partial charge on any atom is -0.304 e. The van der Waals surface area contributed by atoms with Crippen molar-refractivity contribution >= 4 is 29.3 Å². The summed E-state index contributed by atoms with van der Waals surface area (Å²) in [6, 6.07) is 19.7. The molecule has 2 aromatic heterocycles. The normalized spacial score (nSPS) is 11.9. The molecule has 7 heteroatoms. The molecule has 0 atom stereocenters. The van der Waals surface area contributed by atoms with Gasteiger partial charge in [0.2, 0.25) is 0 Å². The highest BCUT2D eigenvalue weighted by molar-refractivity contribution is 7.62. The smallest absolute Gasteiger partial charge is 0.304 e. The first kappa shape index (κ1) is 19.1. The van der Waals surface area contributed by atoms with Crippen LogP contribution >= 0.6 is 18.9 Å². The van der Waals surface area contributed by atoms with Crippen LogP contribution < -0.4 is 5.44 Å². The minimum absolute atomic E-state index is 0.281. The standard InChI is InChI=1S/C21H21N2O3PS/c1-3-25-27(24,26-4-2)20-19(17-13-9-6-10-14-17)22-21-23(20)18(15-28-21)16-11-7-5-8-12-16/h5-15H,3-4H2,1-2H3. The van der Waals surface area contributed by atoms with Crippen LogP contribution in [0.4, 0.5) is 0 Å². The number of benzene rings is 2. The fourth-order valence-corrected chi connectivity index (χ4v) is 6.05. The predicted molar refractivity (Wildman–Crippen MR) is 114 cm³/mol. The molecule has 0 saturated carbocycles. The van der Waals surface area contributed by atoms with Crippen molar-refractivity contribution in [2.24, 2.45) is 0 Å². The summed E-state index contributed by atoms with van der Waals surface area (Å²) < 4.78 is 27.2. The number of hydrogen-bond acceptors (Lipinski definition) is 5. The first-order valence-corrected chi connectivity index (χ1v) is 11.6. The number of rotatable bonds is 7. The van der Waals surface area contributed by atoms with Gasteiger partial charge in [0.05, 0.1) is 18.9 Å². The van der Waals surface area contributed by atoms with Gasteiger partial charge in [-0.3, -0.25) is 8.97 Å². The molecule has 0 radical (unpaired) electrons. The Morgan fingerprint density at radius 2 is 1.50 bits per heavy atom. The van der Waals surface area contributed by atoms with E-state index in [-0.39, 0.29) is 13.2 Å². The molecule has 0 aliphatic carbocycles. The van der Waals surface area contributed by atoms with Crippen molar-refractivity contribution in [1.29, 1.82) is 0 Å². The number of fused-ring (bicyclic) bond motifs is 1. The summed E-state index contributed by atoms with van der Waals surface area (Å²) in [5.74, 6) is 0. The highest BCUT2D eigenvalue weighted by Gasteiger charge is 2.36. The van der Waals surface area contributed by atoms with Crippen molar-refractivity contribution in [2.75, 3.05) is 13.2 Å². The van der Waals surface area contributed by atoms with Crippen LogP contribution in [0.15, 0.2) is 66.0 Å². The lowest BCUT2D eigenvalue weighted by Gasteiger charge is -2.18. The molecular formula is C21H21N2O3PS. The summed E-state index contributed by atoms with van der Waals surface area (Å²) in [5.41, 5.74) is 3.94. The van der Waals surface area contributed by atoms with Crippen LogP contribution in [0.5, 0.6) is 0 Å². The Labute approximate surface area is 168 Å². The zero-order chi connectivity index (χ0) is 19.6. The molecule has 5 nitrogen and oxygen atoms in total. The van der Waals surface area contributed by atoms with Gasteiger partial charge in [0.1, 0.15) is 5.69 Å². The maximum absolute atomic E-state index is 13.9. The summed E-state index contributed by atoms with van der Waals surface area (Å²) in [5, 5.41) is 2.03. The number of aromatic nitrogens is 2. The van der Waals surface area contributed by atoms with Gasteiger partial charge in [-0.15, -0.1) is 11.3 Å². The summed E-state index contributed by atoms with van der Waals surface area (Å²) in [6.07, 6.45) is 0. The lowest BCUT2D eigenvalue weighted by atomic mass is 10.1. The lowest BCUT2D eigenvalue weighted by molar-refractivity contribution is 0.229. The molecule has 0 unspecified atom stereocenters. The van der Waals surface area contributed by atoms with Crippen LogP contribution in [0.25, 0.3) is 27.5 Å². The molecule has 0 aliphatic rings. The van der Waals surface area contributed by atoms with E-state index in [0.29, 0.717) is 11.1 Å². The van der Waals surface area contributed by atoms with Gasteiger partial charge in [-0.2, -0.15) is 0 Å². The second-order valence-electron chi connectivity index (χ2n) is 6.09. The largest absolute Gasteiger partial charge is 0.380 e. The molecule has 4 rings (SSSR count). The Morgan fingerprint density at radius 3 is 2.07 bits per heavy atom. The molecule has 144 valence electrons. The van der Waals surface area contributed by atoms with E-state index in [1.54, 1.807) is 0 Å². The van der Waals surface area contributed by atoms with E-state index in [2.05, 4.69) is 0 Å². The Hall–Kier alpha value is -2.24. The van der Waals surface area contributed by atoms with Crippen LogP contribution in [-0.4, -0.2) is 22.6 Å². The number of imidazole rings is 1. The molecule has 0 aliphatic heterocycles. The molecule has 0 spiro atoms. The van der Waals surface area contributed by atoms with Crippen molar-refractivity contribution < 1.29 is 13.6 Å². The average Bonchev–Trinajstić information content (AvgIpc) is 3.29. The van der Waals surface area contributed by atoms with Gasteiger partial charge in [0.15, 0.2) is 10.4 Å². The van der Waals surface area contributed by atoms with Gasteiger partial charge >= 0.3 is 7.60 Å². The number of hydrogen-bond donors (Lipinski definition) is 0. The molecule has 0 amide bonds. The van der Waals surface area contributed by atoms with Gasteiger partial charge in [0, 0.05) is 10.9 Å². The van der Waals surface area contributed by atoms with E-state index >= 15 is 0 Å². The van der Waals surface area contributed by atoms with E-state index in [1.165, 1.54) is 11.3 Å². The third kappa shape index (κ3) is 3.33. The van der Waals surface area contributed by atoms with E-state index in [0.717, 1.165) is 21.8 Å². The maximum atomic E-state index is 13.9. The van der Waals surface area contributed by atoms with E-state index in [9.17, 15) is 4.57 Å². The first-order chi connectivity index (χ1) is 13.7. The van der Waals surface area contributed by atoms with Gasteiger partial charge in [0.25, 0.3) is 0 Å². The monoisotopic (exact) mass is 412 g/mol. The van der Waals surface area contributed by atoms with Crippen LogP contribution in [0.1, 0.15) is 13.8 Å². The topological polar surface area (TPSA) is 52.8 Å². The summed E-state index contributed by atoms with van der Waals surface area (Å²) in [7, 11) is -3.58. The SMILES string of the molecule is CCOP(=O)(OCC)c1c(-c2ccccc2)nc2scc(-c3ccccc3)n12. The van der Waals surface area contributed by atoms with E-state index in [1.807, 2.05) is 84.3 Å². The summed E-state index contributed by atoms with van der Waals surface area (Å²) >= 11 is 1.51. The van der Waals surface area contributed by atoms with Crippen LogP contribution in [0.3, 0.4) is 0 Å². The molecule has 0 fully saturated rings. The van der Waals surface area contributed by atoms with Crippen molar-refractivity contribution in [3.05, 3.63) is 66.0 Å². The van der Waals surface area contributed by atoms with E-state index in [4.69, 9.17) is 14.0 Å². The van der Waals surface area contributed by atoms with Gasteiger partial charge in [-0.25, -0.2) is 4.98 Å². The van der Waals surface area contributed by atoms with Crippen molar-refractivity contribution in [3.8, 4) is 22.5 Å². The van der Waals surface area contributed by atoms with Crippen molar-refractivity contribution in [2.45, 2.75) is 13.8 Å². The molecule has 0 bridgehead atoms. The molecule has 4 aromatic rings. The minimum atomic E-state index is -3.58. The Morgan fingerprint density at radius 1 is 0.929 bits per heavy atom. The first-order valence-electron chi connectivity index (χ1n) is 9.18.